The highest BCUT2D eigenvalue weighted by atomic mass is 35.5. The maximum Gasteiger partial charge on any atom is 0.253 e. The maximum atomic E-state index is 12.0. The van der Waals surface area contributed by atoms with Gasteiger partial charge >= 0.3 is 0 Å². The normalized spacial score (nSPS) is 10.2. The molecule has 0 bridgehead atoms. The SMILES string of the molecule is Cc1cccc(CNC(=O)c2cc(Cl)ccc2N)c1. The summed E-state index contributed by atoms with van der Waals surface area (Å²) in [5.41, 5.74) is 8.80. The summed E-state index contributed by atoms with van der Waals surface area (Å²) in [6.07, 6.45) is 0. The van der Waals surface area contributed by atoms with Crippen molar-refractivity contribution in [2.45, 2.75) is 13.5 Å². The molecule has 0 heterocycles. The standard InChI is InChI=1S/C15H15ClN2O/c1-10-3-2-4-11(7-10)9-18-15(19)13-8-12(16)5-6-14(13)17/h2-8H,9,17H2,1H3,(H,18,19). The molecular weight excluding hydrogens is 260 g/mol. The van der Waals surface area contributed by atoms with Crippen LogP contribution < -0.4 is 11.1 Å². The monoisotopic (exact) mass is 274 g/mol. The molecule has 4 heteroatoms. The zero-order valence-electron chi connectivity index (χ0n) is 10.6. The number of amides is 1. The van der Waals surface area contributed by atoms with E-state index in [9.17, 15) is 4.79 Å². The van der Waals surface area contributed by atoms with Crippen LogP contribution >= 0.6 is 11.6 Å². The zero-order valence-corrected chi connectivity index (χ0v) is 11.4. The van der Waals surface area contributed by atoms with Gasteiger partial charge in [0.2, 0.25) is 0 Å². The van der Waals surface area contributed by atoms with Gasteiger partial charge in [-0.2, -0.15) is 0 Å². The average Bonchev–Trinajstić information content (AvgIpc) is 2.39. The number of anilines is 1. The molecule has 0 aliphatic carbocycles. The molecule has 0 unspecified atom stereocenters. The predicted octanol–water partition coefficient (Wildman–Crippen LogP) is 3.16. The van der Waals surface area contributed by atoms with Crippen molar-refractivity contribution in [2.24, 2.45) is 0 Å². The number of hydrogen-bond donors (Lipinski definition) is 2. The number of rotatable bonds is 3. The fourth-order valence-corrected chi connectivity index (χ4v) is 2.00. The molecule has 0 aliphatic heterocycles. The number of aryl methyl sites for hydroxylation is 1. The summed E-state index contributed by atoms with van der Waals surface area (Å²) in [5, 5.41) is 3.33. The third-order valence-corrected chi connectivity index (χ3v) is 3.03. The van der Waals surface area contributed by atoms with E-state index in [0.29, 0.717) is 22.8 Å². The highest BCUT2D eigenvalue weighted by molar-refractivity contribution is 6.31. The smallest absolute Gasteiger partial charge is 0.253 e. The molecule has 0 saturated heterocycles. The molecule has 3 N–H and O–H groups in total. The molecule has 0 radical (unpaired) electrons. The molecule has 2 aromatic rings. The summed E-state index contributed by atoms with van der Waals surface area (Å²) < 4.78 is 0. The Labute approximate surface area is 117 Å². The van der Waals surface area contributed by atoms with Gasteiger partial charge < -0.3 is 11.1 Å². The van der Waals surface area contributed by atoms with Gasteiger partial charge in [0.15, 0.2) is 0 Å². The molecule has 0 aliphatic rings. The third kappa shape index (κ3) is 3.48. The van der Waals surface area contributed by atoms with Gasteiger partial charge in [0.1, 0.15) is 0 Å². The Morgan fingerprint density at radius 1 is 1.26 bits per heavy atom. The topological polar surface area (TPSA) is 55.1 Å². The first-order valence-electron chi connectivity index (χ1n) is 5.95. The maximum absolute atomic E-state index is 12.0. The molecule has 0 fully saturated rings. The Hall–Kier alpha value is -2.00. The second-order valence-electron chi connectivity index (χ2n) is 4.40. The van der Waals surface area contributed by atoms with Gasteiger partial charge in [0, 0.05) is 17.3 Å². The van der Waals surface area contributed by atoms with Crippen molar-refractivity contribution in [1.29, 1.82) is 0 Å². The second kappa shape index (κ2) is 5.76. The second-order valence-corrected chi connectivity index (χ2v) is 4.84. The van der Waals surface area contributed by atoms with Crippen molar-refractivity contribution >= 4 is 23.2 Å². The van der Waals surface area contributed by atoms with Gasteiger partial charge in [-0.05, 0) is 30.7 Å². The van der Waals surface area contributed by atoms with Crippen molar-refractivity contribution in [3.63, 3.8) is 0 Å². The summed E-state index contributed by atoms with van der Waals surface area (Å²) >= 11 is 5.86. The van der Waals surface area contributed by atoms with E-state index in [0.717, 1.165) is 11.1 Å². The molecule has 0 saturated carbocycles. The van der Waals surface area contributed by atoms with E-state index >= 15 is 0 Å². The molecule has 19 heavy (non-hydrogen) atoms. The lowest BCUT2D eigenvalue weighted by Gasteiger charge is -2.08. The number of carbonyl (C=O) groups excluding carboxylic acids is 1. The summed E-state index contributed by atoms with van der Waals surface area (Å²) in [6.45, 7) is 2.48. The molecule has 0 spiro atoms. The Bertz CT molecular complexity index is 611. The Balaban J connectivity index is 2.07. The van der Waals surface area contributed by atoms with Crippen LogP contribution in [0.3, 0.4) is 0 Å². The number of hydrogen-bond acceptors (Lipinski definition) is 2. The van der Waals surface area contributed by atoms with E-state index in [-0.39, 0.29) is 5.91 Å². The van der Waals surface area contributed by atoms with Crippen molar-refractivity contribution in [1.82, 2.24) is 5.32 Å². The van der Waals surface area contributed by atoms with E-state index in [1.54, 1.807) is 18.2 Å². The van der Waals surface area contributed by atoms with Gasteiger partial charge in [-0.1, -0.05) is 41.4 Å². The molecule has 2 aromatic carbocycles. The molecule has 3 nitrogen and oxygen atoms in total. The van der Waals surface area contributed by atoms with Crippen LogP contribution in [0.4, 0.5) is 5.69 Å². The zero-order chi connectivity index (χ0) is 13.8. The van der Waals surface area contributed by atoms with Crippen molar-refractivity contribution in [3.8, 4) is 0 Å². The Morgan fingerprint density at radius 3 is 2.79 bits per heavy atom. The minimum Gasteiger partial charge on any atom is -0.398 e. The summed E-state index contributed by atoms with van der Waals surface area (Å²) in [7, 11) is 0. The van der Waals surface area contributed by atoms with E-state index in [4.69, 9.17) is 17.3 Å². The van der Waals surface area contributed by atoms with E-state index in [2.05, 4.69) is 5.32 Å². The van der Waals surface area contributed by atoms with Crippen LogP contribution in [0.2, 0.25) is 5.02 Å². The molecule has 2 rings (SSSR count). The summed E-state index contributed by atoms with van der Waals surface area (Å²) in [5.74, 6) is -0.221. The Kier molecular flexibility index (Phi) is 4.07. The summed E-state index contributed by atoms with van der Waals surface area (Å²) in [4.78, 5) is 12.0. The Morgan fingerprint density at radius 2 is 2.05 bits per heavy atom. The van der Waals surface area contributed by atoms with E-state index in [1.807, 2.05) is 31.2 Å². The third-order valence-electron chi connectivity index (χ3n) is 2.80. The van der Waals surface area contributed by atoms with Crippen LogP contribution in [-0.2, 0) is 6.54 Å². The lowest BCUT2D eigenvalue weighted by molar-refractivity contribution is 0.0952. The fraction of sp³-hybridized carbons (Fsp3) is 0.133. The van der Waals surface area contributed by atoms with Crippen molar-refractivity contribution in [3.05, 3.63) is 64.2 Å². The summed E-state index contributed by atoms with van der Waals surface area (Å²) in [6, 6.07) is 12.8. The lowest BCUT2D eigenvalue weighted by Crippen LogP contribution is -2.23. The van der Waals surface area contributed by atoms with Crippen LogP contribution in [0.1, 0.15) is 21.5 Å². The van der Waals surface area contributed by atoms with E-state index in [1.165, 1.54) is 0 Å². The number of benzene rings is 2. The van der Waals surface area contributed by atoms with Crippen molar-refractivity contribution in [2.75, 3.05) is 5.73 Å². The quantitative estimate of drug-likeness (QED) is 0.845. The minimum absolute atomic E-state index is 0.221. The van der Waals surface area contributed by atoms with Crippen LogP contribution in [0.25, 0.3) is 0 Å². The fourth-order valence-electron chi connectivity index (χ4n) is 1.82. The molecule has 0 aromatic heterocycles. The number of halogens is 1. The lowest BCUT2D eigenvalue weighted by atomic mass is 10.1. The first-order valence-corrected chi connectivity index (χ1v) is 6.33. The van der Waals surface area contributed by atoms with Gasteiger partial charge in [0.25, 0.3) is 5.91 Å². The highest BCUT2D eigenvalue weighted by Crippen LogP contribution is 2.17. The number of carbonyl (C=O) groups is 1. The van der Waals surface area contributed by atoms with Gasteiger partial charge in [0.05, 0.1) is 5.56 Å². The molecule has 98 valence electrons. The first-order chi connectivity index (χ1) is 9.06. The van der Waals surface area contributed by atoms with Gasteiger partial charge in [-0.15, -0.1) is 0 Å². The predicted molar refractivity (Wildman–Crippen MR) is 78.2 cm³/mol. The minimum atomic E-state index is -0.221. The average molecular weight is 275 g/mol. The van der Waals surface area contributed by atoms with Crippen LogP contribution in [0, 0.1) is 6.92 Å². The molecule has 0 atom stereocenters. The number of nitrogens with two attached hydrogens (primary N) is 1. The van der Waals surface area contributed by atoms with Gasteiger partial charge in [-0.3, -0.25) is 4.79 Å². The van der Waals surface area contributed by atoms with Gasteiger partial charge in [-0.25, -0.2) is 0 Å². The largest absolute Gasteiger partial charge is 0.398 e. The van der Waals surface area contributed by atoms with Crippen LogP contribution in [-0.4, -0.2) is 5.91 Å². The molecular formula is C15H15ClN2O. The van der Waals surface area contributed by atoms with Crippen molar-refractivity contribution < 1.29 is 4.79 Å². The first kappa shape index (κ1) is 13.4. The molecule has 1 amide bonds. The number of nitrogen functional groups attached to an aromatic ring is 1. The number of nitrogens with one attached hydrogen (secondary N) is 1. The van der Waals surface area contributed by atoms with Crippen LogP contribution in [0.5, 0.6) is 0 Å². The van der Waals surface area contributed by atoms with E-state index < -0.39 is 0 Å². The van der Waals surface area contributed by atoms with Crippen LogP contribution in [0.15, 0.2) is 42.5 Å². The highest BCUT2D eigenvalue weighted by Gasteiger charge is 2.09.